The first-order chi connectivity index (χ1) is 21.0. The maximum Gasteiger partial charge on any atom is 0.264 e. The number of halogens is 3. The van der Waals surface area contributed by atoms with Gasteiger partial charge in [0.1, 0.15) is 12.6 Å². The number of benzene rings is 4. The zero-order valence-electron chi connectivity index (χ0n) is 24.2. The summed E-state index contributed by atoms with van der Waals surface area (Å²) in [6.45, 7) is 3.09. The molecule has 1 N–H and O–H groups in total. The van der Waals surface area contributed by atoms with E-state index in [2.05, 4.69) is 5.32 Å². The molecule has 0 fully saturated rings. The Balaban J connectivity index is 1.81. The number of anilines is 1. The molecule has 4 rings (SSSR count). The van der Waals surface area contributed by atoms with Crippen LogP contribution in [0.4, 0.5) is 5.69 Å². The van der Waals surface area contributed by atoms with E-state index < -0.39 is 28.5 Å². The van der Waals surface area contributed by atoms with Crippen LogP contribution >= 0.6 is 34.8 Å². The molecule has 0 saturated heterocycles. The summed E-state index contributed by atoms with van der Waals surface area (Å²) >= 11 is 18.6. The summed E-state index contributed by atoms with van der Waals surface area (Å²) in [5, 5.41) is 3.81. The maximum absolute atomic E-state index is 14.4. The van der Waals surface area contributed by atoms with Gasteiger partial charge in [-0.3, -0.25) is 13.9 Å². The topological polar surface area (TPSA) is 86.8 Å². The van der Waals surface area contributed by atoms with Gasteiger partial charge >= 0.3 is 0 Å². The van der Waals surface area contributed by atoms with Crippen molar-refractivity contribution in [2.45, 2.75) is 43.8 Å². The molecule has 2 amide bonds. The number of nitrogens with one attached hydrogen (secondary N) is 1. The SMILES string of the molecule is CC(C)NC(=O)C(Cc1ccccc1)N(Cc1ccc(Cl)cc1)C(=O)CN(c1ccc(Cl)c(Cl)c1)S(=O)(=O)c1ccccc1. The number of hydrogen-bond acceptors (Lipinski definition) is 4. The number of hydrogen-bond donors (Lipinski definition) is 1. The van der Waals surface area contributed by atoms with Crippen LogP contribution in [0.2, 0.25) is 15.1 Å². The number of carbonyl (C=O) groups is 2. The van der Waals surface area contributed by atoms with Crippen molar-refractivity contribution in [3.63, 3.8) is 0 Å². The van der Waals surface area contributed by atoms with Crippen LogP contribution in [0.25, 0.3) is 0 Å². The van der Waals surface area contributed by atoms with Gasteiger partial charge in [-0.1, -0.05) is 95.5 Å². The van der Waals surface area contributed by atoms with Gasteiger partial charge in [0.05, 0.1) is 20.6 Å². The van der Waals surface area contributed by atoms with Crippen LogP contribution in [0.3, 0.4) is 0 Å². The van der Waals surface area contributed by atoms with E-state index in [0.717, 1.165) is 9.87 Å². The van der Waals surface area contributed by atoms with Crippen molar-refractivity contribution in [2.75, 3.05) is 10.8 Å². The minimum Gasteiger partial charge on any atom is -0.352 e. The van der Waals surface area contributed by atoms with Gasteiger partial charge in [0.25, 0.3) is 10.0 Å². The van der Waals surface area contributed by atoms with E-state index in [-0.39, 0.29) is 45.5 Å². The summed E-state index contributed by atoms with van der Waals surface area (Å²) in [5.74, 6) is -0.955. The summed E-state index contributed by atoms with van der Waals surface area (Å²) < 4.78 is 29.0. The van der Waals surface area contributed by atoms with Crippen LogP contribution in [0.15, 0.2) is 108 Å². The van der Waals surface area contributed by atoms with Crippen molar-refractivity contribution < 1.29 is 18.0 Å². The average molecular weight is 673 g/mol. The van der Waals surface area contributed by atoms with Gasteiger partial charge < -0.3 is 10.2 Å². The lowest BCUT2D eigenvalue weighted by molar-refractivity contribution is -0.140. The molecule has 0 saturated carbocycles. The third kappa shape index (κ3) is 8.54. The molecule has 0 aliphatic heterocycles. The Morgan fingerprint density at radius 1 is 0.773 bits per heavy atom. The second-order valence-corrected chi connectivity index (χ2v) is 13.6. The molecule has 230 valence electrons. The Hall–Kier alpha value is -3.56. The van der Waals surface area contributed by atoms with Crippen LogP contribution in [-0.4, -0.2) is 43.8 Å². The maximum atomic E-state index is 14.4. The van der Waals surface area contributed by atoms with Gasteiger partial charge in [-0.05, 0) is 67.4 Å². The molecule has 4 aromatic rings. The molecule has 44 heavy (non-hydrogen) atoms. The van der Waals surface area contributed by atoms with Gasteiger partial charge in [0.15, 0.2) is 0 Å². The van der Waals surface area contributed by atoms with Gasteiger partial charge in [-0.25, -0.2) is 8.42 Å². The van der Waals surface area contributed by atoms with Gasteiger partial charge in [-0.15, -0.1) is 0 Å². The minimum absolute atomic E-state index is 0.0125. The van der Waals surface area contributed by atoms with Crippen molar-refractivity contribution in [2.24, 2.45) is 0 Å². The summed E-state index contributed by atoms with van der Waals surface area (Å²) in [7, 11) is -4.25. The summed E-state index contributed by atoms with van der Waals surface area (Å²) in [5.41, 5.74) is 1.70. The highest BCUT2D eigenvalue weighted by atomic mass is 35.5. The molecule has 0 bridgehead atoms. The zero-order chi connectivity index (χ0) is 31.9. The minimum atomic E-state index is -4.25. The molecule has 11 heteroatoms. The first-order valence-corrected chi connectivity index (χ1v) is 16.4. The Morgan fingerprint density at radius 3 is 1.98 bits per heavy atom. The second kappa shape index (κ2) is 14.9. The molecule has 0 aliphatic rings. The highest BCUT2D eigenvalue weighted by Gasteiger charge is 2.35. The summed E-state index contributed by atoms with van der Waals surface area (Å²) in [6, 6.07) is 27.2. The van der Waals surface area contributed by atoms with Crippen molar-refractivity contribution >= 4 is 62.3 Å². The second-order valence-electron chi connectivity index (χ2n) is 10.4. The van der Waals surface area contributed by atoms with Gasteiger partial charge in [-0.2, -0.15) is 0 Å². The van der Waals surface area contributed by atoms with Crippen molar-refractivity contribution in [1.29, 1.82) is 0 Å². The number of sulfonamides is 1. The highest BCUT2D eigenvalue weighted by Crippen LogP contribution is 2.31. The Kier molecular flexibility index (Phi) is 11.3. The molecule has 4 aromatic carbocycles. The molecule has 0 radical (unpaired) electrons. The largest absolute Gasteiger partial charge is 0.352 e. The first kappa shape index (κ1) is 33.3. The van der Waals surface area contributed by atoms with Gasteiger partial charge in [0.2, 0.25) is 11.8 Å². The summed E-state index contributed by atoms with van der Waals surface area (Å²) in [4.78, 5) is 29.5. The van der Waals surface area contributed by atoms with E-state index in [0.29, 0.717) is 10.6 Å². The summed E-state index contributed by atoms with van der Waals surface area (Å²) in [6.07, 6.45) is 0.205. The lowest BCUT2D eigenvalue weighted by atomic mass is 10.0. The standard InChI is InChI=1S/C33H32Cl3N3O4S/c1-23(2)37-33(41)31(19-24-9-5-3-6-10-24)38(21-25-13-15-26(34)16-14-25)32(40)22-39(27-17-18-29(35)30(36)20-27)44(42,43)28-11-7-4-8-12-28/h3-18,20,23,31H,19,21-22H2,1-2H3,(H,37,41). The molecule has 1 atom stereocenters. The predicted molar refractivity (Wildman–Crippen MR) is 177 cm³/mol. The van der Waals surface area contributed by atoms with Crippen LogP contribution in [0.5, 0.6) is 0 Å². The predicted octanol–water partition coefficient (Wildman–Crippen LogP) is 7.01. The Bertz CT molecular complexity index is 1690. The first-order valence-electron chi connectivity index (χ1n) is 13.9. The molecule has 0 aliphatic carbocycles. The molecule has 0 spiro atoms. The smallest absolute Gasteiger partial charge is 0.264 e. The van der Waals surface area contributed by atoms with Crippen molar-refractivity contribution in [3.8, 4) is 0 Å². The van der Waals surface area contributed by atoms with Crippen molar-refractivity contribution in [1.82, 2.24) is 10.2 Å². The van der Waals surface area contributed by atoms with E-state index >= 15 is 0 Å². The van der Waals surface area contributed by atoms with E-state index in [1.54, 1.807) is 42.5 Å². The van der Waals surface area contributed by atoms with Crippen LogP contribution in [0.1, 0.15) is 25.0 Å². The zero-order valence-corrected chi connectivity index (χ0v) is 27.2. The molecular formula is C33H32Cl3N3O4S. The molecular weight excluding hydrogens is 641 g/mol. The molecule has 0 heterocycles. The third-order valence-electron chi connectivity index (χ3n) is 6.77. The van der Waals surface area contributed by atoms with E-state index in [1.165, 1.54) is 35.2 Å². The number of carbonyl (C=O) groups excluding carboxylic acids is 2. The molecule has 7 nitrogen and oxygen atoms in total. The lowest BCUT2D eigenvalue weighted by Crippen LogP contribution is -2.54. The average Bonchev–Trinajstić information content (AvgIpc) is 3.00. The fourth-order valence-electron chi connectivity index (χ4n) is 4.61. The molecule has 0 aromatic heterocycles. The lowest BCUT2D eigenvalue weighted by Gasteiger charge is -2.34. The Morgan fingerprint density at radius 2 is 1.39 bits per heavy atom. The Labute approximate surface area is 273 Å². The molecule has 1 unspecified atom stereocenters. The normalized spacial score (nSPS) is 12.0. The van der Waals surface area contributed by atoms with Gasteiger partial charge in [0, 0.05) is 24.0 Å². The quantitative estimate of drug-likeness (QED) is 0.176. The number of rotatable bonds is 12. The highest BCUT2D eigenvalue weighted by molar-refractivity contribution is 7.92. The fraction of sp³-hybridized carbons (Fsp3) is 0.212. The number of amides is 2. The fourth-order valence-corrected chi connectivity index (χ4v) is 6.46. The van der Waals surface area contributed by atoms with Crippen molar-refractivity contribution in [3.05, 3.63) is 129 Å². The van der Waals surface area contributed by atoms with E-state index in [4.69, 9.17) is 34.8 Å². The van der Waals surface area contributed by atoms with E-state index in [1.807, 2.05) is 44.2 Å². The third-order valence-corrected chi connectivity index (χ3v) is 9.55. The van der Waals surface area contributed by atoms with Crippen LogP contribution < -0.4 is 9.62 Å². The monoisotopic (exact) mass is 671 g/mol. The van der Waals surface area contributed by atoms with Crippen LogP contribution in [-0.2, 0) is 32.6 Å². The van der Waals surface area contributed by atoms with Crippen LogP contribution in [0, 0.1) is 0 Å². The van der Waals surface area contributed by atoms with E-state index in [9.17, 15) is 18.0 Å². The number of nitrogens with zero attached hydrogens (tertiary/aromatic N) is 2.